The molecule has 104 valence electrons. The van der Waals surface area contributed by atoms with Gasteiger partial charge in [0.25, 0.3) is 0 Å². The number of rotatable bonds is 5. The average molecular weight is 336 g/mol. The van der Waals surface area contributed by atoms with Crippen LogP contribution in [-0.4, -0.2) is 6.04 Å². The van der Waals surface area contributed by atoms with E-state index >= 15 is 0 Å². The Bertz CT molecular complexity index is 613. The zero-order valence-corrected chi connectivity index (χ0v) is 12.5. The van der Waals surface area contributed by atoms with Gasteiger partial charge in [-0.25, -0.2) is 4.39 Å². The number of halogens is 2. The van der Waals surface area contributed by atoms with Crippen LogP contribution in [0, 0.1) is 5.82 Å². The topological polar surface area (TPSA) is 21.3 Å². The predicted molar refractivity (Wildman–Crippen MR) is 80.5 cm³/mol. The number of hydrogen-bond acceptors (Lipinski definition) is 2. The van der Waals surface area contributed by atoms with Gasteiger partial charge < -0.3 is 10.1 Å². The summed E-state index contributed by atoms with van der Waals surface area (Å²) >= 11 is 3.40. The quantitative estimate of drug-likeness (QED) is 0.859. The van der Waals surface area contributed by atoms with E-state index in [1.54, 1.807) is 12.1 Å². The van der Waals surface area contributed by atoms with Crippen molar-refractivity contribution in [2.24, 2.45) is 0 Å². The maximum absolute atomic E-state index is 14.0. The van der Waals surface area contributed by atoms with Gasteiger partial charge in [-0.15, -0.1) is 0 Å². The fourth-order valence-electron chi connectivity index (χ4n) is 2.00. The van der Waals surface area contributed by atoms with E-state index in [0.717, 1.165) is 4.47 Å². The molecule has 1 fully saturated rings. The first kappa shape index (κ1) is 13.6. The van der Waals surface area contributed by atoms with Crippen LogP contribution in [0.3, 0.4) is 0 Å². The third-order valence-corrected chi connectivity index (χ3v) is 3.74. The molecule has 1 saturated carbocycles. The first-order valence-corrected chi connectivity index (χ1v) is 7.46. The Morgan fingerprint density at radius 2 is 2.00 bits per heavy atom. The van der Waals surface area contributed by atoms with Gasteiger partial charge in [-0.1, -0.05) is 28.1 Å². The molecule has 1 aliphatic rings. The molecule has 0 amide bonds. The van der Waals surface area contributed by atoms with E-state index in [1.165, 1.54) is 18.9 Å². The number of nitrogens with one attached hydrogen (secondary N) is 1. The molecule has 1 aliphatic carbocycles. The number of ether oxygens (including phenoxy) is 1. The highest BCUT2D eigenvalue weighted by molar-refractivity contribution is 9.10. The third kappa shape index (κ3) is 3.38. The summed E-state index contributed by atoms with van der Waals surface area (Å²) in [6.45, 7) is 0.501. The van der Waals surface area contributed by atoms with Crippen molar-refractivity contribution in [1.82, 2.24) is 5.32 Å². The first-order chi connectivity index (χ1) is 9.72. The summed E-state index contributed by atoms with van der Waals surface area (Å²) in [5.41, 5.74) is 0.583. The molecule has 2 nitrogen and oxygen atoms in total. The third-order valence-electron chi connectivity index (χ3n) is 3.24. The molecule has 2 aromatic rings. The Morgan fingerprint density at radius 1 is 1.20 bits per heavy atom. The second-order valence-electron chi connectivity index (χ2n) is 4.93. The van der Waals surface area contributed by atoms with Gasteiger partial charge in [-0.2, -0.15) is 0 Å². The largest absolute Gasteiger partial charge is 0.457 e. The van der Waals surface area contributed by atoms with Crippen LogP contribution in [0.2, 0.25) is 0 Å². The van der Waals surface area contributed by atoms with Crippen molar-refractivity contribution in [3.05, 3.63) is 58.3 Å². The molecule has 3 rings (SSSR count). The maximum Gasteiger partial charge on any atom is 0.134 e. The zero-order valence-electron chi connectivity index (χ0n) is 10.9. The van der Waals surface area contributed by atoms with Crippen molar-refractivity contribution in [3.8, 4) is 11.5 Å². The van der Waals surface area contributed by atoms with Gasteiger partial charge in [0.05, 0.1) is 0 Å². The van der Waals surface area contributed by atoms with E-state index in [9.17, 15) is 4.39 Å². The van der Waals surface area contributed by atoms with E-state index in [-0.39, 0.29) is 5.82 Å². The molecule has 0 aromatic heterocycles. The van der Waals surface area contributed by atoms with Gasteiger partial charge >= 0.3 is 0 Å². The van der Waals surface area contributed by atoms with E-state index < -0.39 is 0 Å². The fraction of sp³-hybridized carbons (Fsp3) is 0.250. The molecule has 1 N–H and O–H groups in total. The van der Waals surface area contributed by atoms with Gasteiger partial charge in [0.2, 0.25) is 0 Å². The second-order valence-corrected chi connectivity index (χ2v) is 5.85. The highest BCUT2D eigenvalue weighted by atomic mass is 79.9. The van der Waals surface area contributed by atoms with Crippen molar-refractivity contribution >= 4 is 15.9 Å². The van der Waals surface area contributed by atoms with Crippen LogP contribution in [0.1, 0.15) is 18.4 Å². The van der Waals surface area contributed by atoms with E-state index in [1.807, 2.05) is 24.3 Å². The lowest BCUT2D eigenvalue weighted by molar-refractivity contribution is 0.461. The van der Waals surface area contributed by atoms with Gasteiger partial charge in [0.1, 0.15) is 17.3 Å². The Kier molecular flexibility index (Phi) is 4.03. The highest BCUT2D eigenvalue weighted by Crippen LogP contribution is 2.29. The summed E-state index contributed by atoms with van der Waals surface area (Å²) < 4.78 is 20.7. The standard InChI is InChI=1S/C16H15BrFNO/c17-11-3-1-4-13(9-11)20-16-6-2-5-15(18)14(16)10-19-12-7-8-12/h1-6,9,12,19H,7-8,10H2. The number of hydrogen-bond donors (Lipinski definition) is 1. The molecule has 2 aromatic carbocycles. The summed E-state index contributed by atoms with van der Waals surface area (Å²) in [6.07, 6.45) is 2.35. The summed E-state index contributed by atoms with van der Waals surface area (Å²) in [7, 11) is 0. The van der Waals surface area contributed by atoms with E-state index in [4.69, 9.17) is 4.74 Å². The molecule has 0 bridgehead atoms. The minimum Gasteiger partial charge on any atom is -0.457 e. The van der Waals surface area contributed by atoms with Crippen LogP contribution >= 0.6 is 15.9 Å². The summed E-state index contributed by atoms with van der Waals surface area (Å²) in [5, 5.41) is 3.32. The van der Waals surface area contributed by atoms with Gasteiger partial charge in [-0.05, 0) is 43.2 Å². The minimum absolute atomic E-state index is 0.231. The molecular weight excluding hydrogens is 321 g/mol. The van der Waals surface area contributed by atoms with E-state index in [2.05, 4.69) is 21.2 Å². The maximum atomic E-state index is 14.0. The Morgan fingerprint density at radius 3 is 2.75 bits per heavy atom. The lowest BCUT2D eigenvalue weighted by Crippen LogP contribution is -2.16. The Balaban J connectivity index is 1.82. The molecule has 0 aliphatic heterocycles. The van der Waals surface area contributed by atoms with Crippen molar-refractivity contribution in [3.63, 3.8) is 0 Å². The zero-order chi connectivity index (χ0) is 13.9. The summed E-state index contributed by atoms with van der Waals surface area (Å²) in [4.78, 5) is 0. The van der Waals surface area contributed by atoms with Crippen molar-refractivity contribution in [1.29, 1.82) is 0 Å². The first-order valence-electron chi connectivity index (χ1n) is 6.66. The molecular formula is C16H15BrFNO. The molecule has 0 saturated heterocycles. The Labute approximate surface area is 126 Å². The molecule has 20 heavy (non-hydrogen) atoms. The molecule has 0 radical (unpaired) electrons. The summed E-state index contributed by atoms with van der Waals surface area (Å²) in [6, 6.07) is 13.0. The lowest BCUT2D eigenvalue weighted by Gasteiger charge is -2.13. The van der Waals surface area contributed by atoms with Crippen LogP contribution in [0.15, 0.2) is 46.9 Å². The molecule has 0 unspecified atom stereocenters. The van der Waals surface area contributed by atoms with Gasteiger partial charge in [0.15, 0.2) is 0 Å². The predicted octanol–water partition coefficient (Wildman–Crippen LogP) is 4.63. The smallest absolute Gasteiger partial charge is 0.134 e. The lowest BCUT2D eigenvalue weighted by atomic mass is 10.2. The van der Waals surface area contributed by atoms with Crippen LogP contribution in [0.4, 0.5) is 4.39 Å². The molecule has 0 heterocycles. The van der Waals surface area contributed by atoms with Crippen LogP contribution in [0.5, 0.6) is 11.5 Å². The highest BCUT2D eigenvalue weighted by Gasteiger charge is 2.21. The van der Waals surface area contributed by atoms with Gasteiger partial charge in [0, 0.05) is 22.6 Å². The molecule has 0 spiro atoms. The summed E-state index contributed by atoms with van der Waals surface area (Å²) in [5.74, 6) is 1.03. The normalized spacial score (nSPS) is 14.3. The monoisotopic (exact) mass is 335 g/mol. The average Bonchev–Trinajstić information content (AvgIpc) is 3.22. The molecule has 0 atom stereocenters. The van der Waals surface area contributed by atoms with Gasteiger partial charge in [-0.3, -0.25) is 0 Å². The van der Waals surface area contributed by atoms with Crippen LogP contribution < -0.4 is 10.1 Å². The van der Waals surface area contributed by atoms with Crippen molar-refractivity contribution in [2.45, 2.75) is 25.4 Å². The van der Waals surface area contributed by atoms with Crippen LogP contribution in [-0.2, 0) is 6.54 Å². The van der Waals surface area contributed by atoms with Crippen molar-refractivity contribution < 1.29 is 9.13 Å². The molecule has 4 heteroatoms. The second kappa shape index (κ2) is 5.94. The minimum atomic E-state index is -0.231. The van der Waals surface area contributed by atoms with E-state index in [0.29, 0.717) is 29.6 Å². The van der Waals surface area contributed by atoms with Crippen molar-refractivity contribution in [2.75, 3.05) is 0 Å². The fourth-order valence-corrected chi connectivity index (χ4v) is 2.38. The Hall–Kier alpha value is -1.39. The van der Waals surface area contributed by atoms with Crippen LogP contribution in [0.25, 0.3) is 0 Å². The SMILES string of the molecule is Fc1cccc(Oc2cccc(Br)c2)c1CNC1CC1. The number of benzene rings is 2.